The van der Waals surface area contributed by atoms with E-state index in [0.29, 0.717) is 23.6 Å². The highest BCUT2D eigenvalue weighted by Gasteiger charge is 2.16. The van der Waals surface area contributed by atoms with E-state index in [-0.39, 0.29) is 11.3 Å². The number of amides is 1. The number of nitrogens with two attached hydrogens (primary N) is 1. The maximum atomic E-state index is 12.0. The van der Waals surface area contributed by atoms with Crippen LogP contribution in [0.1, 0.15) is 37.6 Å². The second-order valence-electron chi connectivity index (χ2n) is 6.11. The third kappa shape index (κ3) is 4.81. The molecule has 19 heavy (non-hydrogen) atoms. The number of benzene rings is 1. The van der Waals surface area contributed by atoms with Gasteiger partial charge in [0.05, 0.1) is 12.2 Å². The van der Waals surface area contributed by atoms with Crippen LogP contribution in [0.3, 0.4) is 0 Å². The Morgan fingerprint density at radius 1 is 1.32 bits per heavy atom. The summed E-state index contributed by atoms with van der Waals surface area (Å²) in [5, 5.41) is 0. The zero-order valence-corrected chi connectivity index (χ0v) is 12.5. The number of anilines is 1. The average Bonchev–Trinajstić information content (AvgIpc) is 2.26. The van der Waals surface area contributed by atoms with E-state index in [2.05, 4.69) is 20.8 Å². The van der Waals surface area contributed by atoms with Crippen LogP contribution < -0.4 is 10.5 Å². The van der Waals surface area contributed by atoms with Gasteiger partial charge in [0.25, 0.3) is 5.91 Å². The van der Waals surface area contributed by atoms with E-state index in [9.17, 15) is 4.79 Å². The SMILES string of the molecule is CN(C)C(=O)c1ccc(N)cc1OCCC(C)(C)C. The fourth-order valence-electron chi connectivity index (χ4n) is 1.54. The smallest absolute Gasteiger partial charge is 0.257 e. The number of carbonyl (C=O) groups excluding carboxylic acids is 1. The predicted molar refractivity (Wildman–Crippen MR) is 78.4 cm³/mol. The van der Waals surface area contributed by atoms with Crippen molar-refractivity contribution in [1.82, 2.24) is 4.90 Å². The predicted octanol–water partition coefficient (Wildman–Crippen LogP) is 2.79. The van der Waals surface area contributed by atoms with Crippen molar-refractivity contribution in [2.45, 2.75) is 27.2 Å². The van der Waals surface area contributed by atoms with E-state index < -0.39 is 0 Å². The summed E-state index contributed by atoms with van der Waals surface area (Å²) in [6, 6.07) is 5.14. The average molecular weight is 264 g/mol. The lowest BCUT2D eigenvalue weighted by Crippen LogP contribution is -2.23. The lowest BCUT2D eigenvalue weighted by molar-refractivity contribution is 0.0822. The Kier molecular flexibility index (Phi) is 4.81. The van der Waals surface area contributed by atoms with Crippen LogP contribution in [0.15, 0.2) is 18.2 Å². The third-order valence-electron chi connectivity index (χ3n) is 2.75. The summed E-state index contributed by atoms with van der Waals surface area (Å²) in [4.78, 5) is 13.6. The van der Waals surface area contributed by atoms with Crippen LogP contribution in [0.5, 0.6) is 5.75 Å². The highest BCUT2D eigenvalue weighted by Crippen LogP contribution is 2.25. The van der Waals surface area contributed by atoms with E-state index in [1.165, 1.54) is 4.90 Å². The quantitative estimate of drug-likeness (QED) is 0.851. The molecule has 0 aliphatic heterocycles. The van der Waals surface area contributed by atoms with Crippen molar-refractivity contribution in [3.8, 4) is 5.75 Å². The fourth-order valence-corrected chi connectivity index (χ4v) is 1.54. The van der Waals surface area contributed by atoms with Crippen LogP contribution in [-0.2, 0) is 0 Å². The van der Waals surface area contributed by atoms with Crippen molar-refractivity contribution < 1.29 is 9.53 Å². The molecule has 1 rings (SSSR count). The molecular weight excluding hydrogens is 240 g/mol. The van der Waals surface area contributed by atoms with Gasteiger partial charge in [0.2, 0.25) is 0 Å². The molecule has 1 aromatic rings. The Bertz CT molecular complexity index is 448. The third-order valence-corrected chi connectivity index (χ3v) is 2.75. The van der Waals surface area contributed by atoms with Crippen LogP contribution >= 0.6 is 0 Å². The first-order valence-corrected chi connectivity index (χ1v) is 6.45. The summed E-state index contributed by atoms with van der Waals surface area (Å²) >= 11 is 0. The van der Waals surface area contributed by atoms with E-state index in [1.807, 2.05) is 0 Å². The van der Waals surface area contributed by atoms with Gasteiger partial charge in [-0.2, -0.15) is 0 Å². The zero-order chi connectivity index (χ0) is 14.6. The van der Waals surface area contributed by atoms with Gasteiger partial charge in [-0.15, -0.1) is 0 Å². The van der Waals surface area contributed by atoms with Gasteiger partial charge < -0.3 is 15.4 Å². The molecule has 0 saturated heterocycles. The minimum absolute atomic E-state index is 0.0780. The van der Waals surface area contributed by atoms with Crippen molar-refractivity contribution in [2.75, 3.05) is 26.4 Å². The Labute approximate surface area is 115 Å². The Morgan fingerprint density at radius 3 is 2.47 bits per heavy atom. The molecule has 0 heterocycles. The molecule has 2 N–H and O–H groups in total. The molecule has 0 fully saturated rings. The molecule has 1 amide bonds. The van der Waals surface area contributed by atoms with Crippen molar-refractivity contribution in [2.24, 2.45) is 5.41 Å². The summed E-state index contributed by atoms with van der Waals surface area (Å²) in [6.45, 7) is 7.03. The summed E-state index contributed by atoms with van der Waals surface area (Å²) in [7, 11) is 3.44. The molecular formula is C15H24N2O2. The van der Waals surface area contributed by atoms with E-state index in [0.717, 1.165) is 6.42 Å². The van der Waals surface area contributed by atoms with Gasteiger partial charge in [-0.05, 0) is 24.0 Å². The van der Waals surface area contributed by atoms with E-state index in [4.69, 9.17) is 10.5 Å². The largest absolute Gasteiger partial charge is 0.493 e. The van der Waals surface area contributed by atoms with E-state index in [1.54, 1.807) is 32.3 Å². The minimum Gasteiger partial charge on any atom is -0.493 e. The molecule has 0 aliphatic rings. The van der Waals surface area contributed by atoms with Crippen LogP contribution in [0, 0.1) is 5.41 Å². The van der Waals surface area contributed by atoms with Crippen LogP contribution in [0.25, 0.3) is 0 Å². The number of carbonyl (C=O) groups is 1. The monoisotopic (exact) mass is 264 g/mol. The molecule has 4 heteroatoms. The van der Waals surface area contributed by atoms with Crippen molar-refractivity contribution in [1.29, 1.82) is 0 Å². The standard InChI is InChI=1S/C15H24N2O2/c1-15(2,3)8-9-19-13-10-11(16)6-7-12(13)14(18)17(4)5/h6-7,10H,8-9,16H2,1-5H3. The summed E-state index contributed by atoms with van der Waals surface area (Å²) in [5.74, 6) is 0.480. The summed E-state index contributed by atoms with van der Waals surface area (Å²) in [5.41, 5.74) is 7.10. The lowest BCUT2D eigenvalue weighted by Gasteiger charge is -2.20. The van der Waals surface area contributed by atoms with Gasteiger partial charge in [0, 0.05) is 25.8 Å². The highest BCUT2D eigenvalue weighted by atomic mass is 16.5. The lowest BCUT2D eigenvalue weighted by atomic mass is 9.93. The van der Waals surface area contributed by atoms with Crippen LogP contribution in [-0.4, -0.2) is 31.5 Å². The normalized spacial score (nSPS) is 11.2. The zero-order valence-electron chi connectivity index (χ0n) is 12.5. The Balaban J connectivity index is 2.86. The molecule has 0 spiro atoms. The minimum atomic E-state index is -0.0780. The van der Waals surface area contributed by atoms with Gasteiger partial charge in [0.15, 0.2) is 0 Å². The molecule has 0 aliphatic carbocycles. The number of ether oxygens (including phenoxy) is 1. The Morgan fingerprint density at radius 2 is 1.95 bits per heavy atom. The molecule has 1 aromatic carbocycles. The van der Waals surface area contributed by atoms with Crippen LogP contribution in [0.2, 0.25) is 0 Å². The van der Waals surface area contributed by atoms with E-state index >= 15 is 0 Å². The van der Waals surface area contributed by atoms with Crippen LogP contribution in [0.4, 0.5) is 5.69 Å². The number of nitrogen functional groups attached to an aromatic ring is 1. The highest BCUT2D eigenvalue weighted by molar-refractivity contribution is 5.97. The maximum Gasteiger partial charge on any atom is 0.257 e. The first kappa shape index (κ1) is 15.3. The van der Waals surface area contributed by atoms with Gasteiger partial charge >= 0.3 is 0 Å². The van der Waals surface area contributed by atoms with Crippen molar-refractivity contribution in [3.05, 3.63) is 23.8 Å². The summed E-state index contributed by atoms with van der Waals surface area (Å²) in [6.07, 6.45) is 0.914. The number of rotatable bonds is 4. The first-order valence-electron chi connectivity index (χ1n) is 6.45. The molecule has 0 unspecified atom stereocenters. The molecule has 106 valence electrons. The number of hydrogen-bond donors (Lipinski definition) is 1. The molecule has 0 atom stereocenters. The molecule has 0 aromatic heterocycles. The maximum absolute atomic E-state index is 12.0. The second kappa shape index (κ2) is 5.95. The number of nitrogens with zero attached hydrogens (tertiary/aromatic N) is 1. The van der Waals surface area contributed by atoms with Gasteiger partial charge in [-0.1, -0.05) is 20.8 Å². The van der Waals surface area contributed by atoms with Gasteiger partial charge in [-0.3, -0.25) is 4.79 Å². The fraction of sp³-hybridized carbons (Fsp3) is 0.533. The summed E-state index contributed by atoms with van der Waals surface area (Å²) < 4.78 is 5.74. The topological polar surface area (TPSA) is 55.6 Å². The van der Waals surface area contributed by atoms with Crippen molar-refractivity contribution >= 4 is 11.6 Å². The first-order chi connectivity index (χ1) is 8.70. The molecule has 0 bridgehead atoms. The van der Waals surface area contributed by atoms with Gasteiger partial charge in [0.1, 0.15) is 5.75 Å². The molecule has 0 radical (unpaired) electrons. The molecule has 0 saturated carbocycles. The molecule has 4 nitrogen and oxygen atoms in total. The van der Waals surface area contributed by atoms with Gasteiger partial charge in [-0.25, -0.2) is 0 Å². The second-order valence-corrected chi connectivity index (χ2v) is 6.11. The van der Waals surface area contributed by atoms with Crippen molar-refractivity contribution in [3.63, 3.8) is 0 Å². The Hall–Kier alpha value is -1.71. The number of hydrogen-bond acceptors (Lipinski definition) is 3.